The van der Waals surface area contributed by atoms with Gasteiger partial charge in [0, 0.05) is 24.4 Å². The SMILES string of the molecule is COc1cc(CC(=O)C2COc3ccccc3C2)ccc1-c1ccncc1. The number of fused-ring (bicyclic) bond motifs is 1. The van der Waals surface area contributed by atoms with E-state index in [9.17, 15) is 4.79 Å². The standard InChI is InChI=1S/C23H21NO3/c1-26-23-13-16(6-7-20(23)17-8-10-24-11-9-17)12-21(25)19-14-18-4-2-3-5-22(18)27-15-19/h2-11,13,19H,12,14-15H2,1H3. The molecular weight excluding hydrogens is 338 g/mol. The van der Waals surface area contributed by atoms with Crippen LogP contribution in [0.5, 0.6) is 11.5 Å². The molecule has 136 valence electrons. The van der Waals surface area contributed by atoms with Gasteiger partial charge in [-0.05, 0) is 47.4 Å². The van der Waals surface area contributed by atoms with Crippen LogP contribution in [0.2, 0.25) is 0 Å². The third-order valence-electron chi connectivity index (χ3n) is 4.97. The van der Waals surface area contributed by atoms with Crippen LogP contribution in [0.15, 0.2) is 67.0 Å². The number of ether oxygens (including phenoxy) is 2. The molecule has 2 aromatic carbocycles. The quantitative estimate of drug-likeness (QED) is 0.688. The largest absolute Gasteiger partial charge is 0.496 e. The van der Waals surface area contributed by atoms with Crippen molar-refractivity contribution >= 4 is 5.78 Å². The number of carbonyl (C=O) groups excluding carboxylic acids is 1. The molecule has 0 saturated carbocycles. The molecule has 0 radical (unpaired) electrons. The molecule has 0 fully saturated rings. The summed E-state index contributed by atoms with van der Waals surface area (Å²) in [7, 11) is 1.65. The zero-order valence-corrected chi connectivity index (χ0v) is 15.2. The minimum atomic E-state index is -0.106. The predicted molar refractivity (Wildman–Crippen MR) is 104 cm³/mol. The molecule has 27 heavy (non-hydrogen) atoms. The molecule has 0 bridgehead atoms. The monoisotopic (exact) mass is 359 g/mol. The number of rotatable bonds is 5. The molecule has 1 aliphatic heterocycles. The number of nitrogens with zero attached hydrogens (tertiary/aromatic N) is 1. The van der Waals surface area contributed by atoms with Gasteiger partial charge in [-0.15, -0.1) is 0 Å². The average Bonchev–Trinajstić information content (AvgIpc) is 2.74. The van der Waals surface area contributed by atoms with Crippen LogP contribution in [-0.2, 0) is 17.6 Å². The smallest absolute Gasteiger partial charge is 0.144 e. The number of pyridine rings is 1. The van der Waals surface area contributed by atoms with Gasteiger partial charge in [0.15, 0.2) is 0 Å². The van der Waals surface area contributed by atoms with E-state index in [1.807, 2.05) is 54.6 Å². The Labute approximate surface area is 158 Å². The maximum atomic E-state index is 12.8. The molecule has 4 nitrogen and oxygen atoms in total. The van der Waals surface area contributed by atoms with Crippen molar-refractivity contribution in [1.29, 1.82) is 0 Å². The van der Waals surface area contributed by atoms with E-state index < -0.39 is 0 Å². The molecule has 0 N–H and O–H groups in total. The van der Waals surface area contributed by atoms with Crippen molar-refractivity contribution < 1.29 is 14.3 Å². The first kappa shape index (κ1) is 17.3. The Kier molecular flexibility index (Phi) is 4.88. The molecule has 1 atom stereocenters. The van der Waals surface area contributed by atoms with Crippen LogP contribution < -0.4 is 9.47 Å². The number of benzene rings is 2. The van der Waals surface area contributed by atoms with Crippen LogP contribution >= 0.6 is 0 Å². The molecule has 0 aliphatic carbocycles. The van der Waals surface area contributed by atoms with E-state index in [0.717, 1.165) is 40.2 Å². The molecule has 1 unspecified atom stereocenters. The maximum Gasteiger partial charge on any atom is 0.144 e. The summed E-state index contributed by atoms with van der Waals surface area (Å²) in [5.41, 5.74) is 4.09. The van der Waals surface area contributed by atoms with Crippen LogP contribution in [0.1, 0.15) is 11.1 Å². The van der Waals surface area contributed by atoms with Crippen molar-refractivity contribution in [3.05, 3.63) is 78.1 Å². The van der Waals surface area contributed by atoms with Crippen molar-refractivity contribution in [1.82, 2.24) is 4.98 Å². The second kappa shape index (κ2) is 7.62. The Hall–Kier alpha value is -3.14. The third-order valence-corrected chi connectivity index (χ3v) is 4.97. The first-order chi connectivity index (χ1) is 13.2. The third kappa shape index (κ3) is 3.70. The molecule has 2 heterocycles. The number of para-hydroxylation sites is 1. The number of hydrogen-bond acceptors (Lipinski definition) is 4. The van der Waals surface area contributed by atoms with Crippen molar-refractivity contribution in [2.45, 2.75) is 12.8 Å². The van der Waals surface area contributed by atoms with Gasteiger partial charge in [-0.1, -0.05) is 30.3 Å². The molecule has 0 spiro atoms. The van der Waals surface area contributed by atoms with Gasteiger partial charge in [-0.2, -0.15) is 0 Å². The first-order valence-corrected chi connectivity index (χ1v) is 9.05. The lowest BCUT2D eigenvalue weighted by Crippen LogP contribution is -2.29. The van der Waals surface area contributed by atoms with E-state index in [-0.39, 0.29) is 11.7 Å². The van der Waals surface area contributed by atoms with E-state index in [1.54, 1.807) is 19.5 Å². The summed E-state index contributed by atoms with van der Waals surface area (Å²) in [6, 6.07) is 17.8. The molecule has 4 heteroatoms. The fraction of sp³-hybridized carbons (Fsp3) is 0.217. The molecule has 4 rings (SSSR count). The molecule has 0 saturated heterocycles. The zero-order valence-electron chi connectivity index (χ0n) is 15.2. The fourth-order valence-corrected chi connectivity index (χ4v) is 3.50. The number of carbonyl (C=O) groups is 1. The molecule has 1 aromatic heterocycles. The molecule has 1 aliphatic rings. The highest BCUT2D eigenvalue weighted by atomic mass is 16.5. The van der Waals surface area contributed by atoms with Gasteiger partial charge >= 0.3 is 0 Å². The first-order valence-electron chi connectivity index (χ1n) is 9.05. The number of hydrogen-bond donors (Lipinski definition) is 0. The maximum absolute atomic E-state index is 12.8. The van der Waals surface area contributed by atoms with Crippen molar-refractivity contribution in [3.63, 3.8) is 0 Å². The van der Waals surface area contributed by atoms with Gasteiger partial charge in [0.1, 0.15) is 17.3 Å². The fourth-order valence-electron chi connectivity index (χ4n) is 3.50. The minimum absolute atomic E-state index is 0.106. The summed E-state index contributed by atoms with van der Waals surface area (Å²) in [5, 5.41) is 0. The second-order valence-electron chi connectivity index (χ2n) is 6.73. The van der Waals surface area contributed by atoms with Gasteiger partial charge in [-0.25, -0.2) is 0 Å². The Morgan fingerprint density at radius 2 is 1.96 bits per heavy atom. The van der Waals surface area contributed by atoms with E-state index in [0.29, 0.717) is 13.0 Å². The topological polar surface area (TPSA) is 48.4 Å². The Bertz CT molecular complexity index is 953. The number of Topliss-reactive ketones (excluding diaryl/α,β-unsaturated/α-hetero) is 1. The van der Waals surface area contributed by atoms with Crippen LogP contribution in [0.4, 0.5) is 0 Å². The predicted octanol–water partition coefficient (Wildman–Crippen LogP) is 4.12. The minimum Gasteiger partial charge on any atom is -0.496 e. The van der Waals surface area contributed by atoms with Gasteiger partial charge in [0.25, 0.3) is 0 Å². The van der Waals surface area contributed by atoms with E-state index >= 15 is 0 Å². The van der Waals surface area contributed by atoms with Crippen molar-refractivity contribution in [2.75, 3.05) is 13.7 Å². The van der Waals surface area contributed by atoms with Gasteiger partial charge < -0.3 is 9.47 Å². The normalized spacial score (nSPS) is 15.5. The van der Waals surface area contributed by atoms with Crippen LogP contribution in [-0.4, -0.2) is 24.5 Å². The molecular formula is C23H21NO3. The zero-order chi connectivity index (χ0) is 18.6. The number of methoxy groups -OCH3 is 1. The van der Waals surface area contributed by atoms with Crippen LogP contribution in [0.3, 0.4) is 0 Å². The van der Waals surface area contributed by atoms with Crippen LogP contribution in [0.25, 0.3) is 11.1 Å². The Balaban J connectivity index is 1.50. The molecule has 3 aromatic rings. The van der Waals surface area contributed by atoms with E-state index in [1.165, 1.54) is 0 Å². The highest BCUT2D eigenvalue weighted by molar-refractivity contribution is 5.84. The number of aromatic nitrogens is 1. The highest BCUT2D eigenvalue weighted by Gasteiger charge is 2.25. The lowest BCUT2D eigenvalue weighted by molar-refractivity contribution is -0.123. The van der Waals surface area contributed by atoms with Gasteiger partial charge in [-0.3, -0.25) is 9.78 Å². The lowest BCUT2D eigenvalue weighted by Gasteiger charge is -2.24. The molecule has 0 amide bonds. The van der Waals surface area contributed by atoms with Crippen molar-refractivity contribution in [2.24, 2.45) is 5.92 Å². The van der Waals surface area contributed by atoms with Crippen LogP contribution in [0, 0.1) is 5.92 Å². The average molecular weight is 359 g/mol. The summed E-state index contributed by atoms with van der Waals surface area (Å²) in [6.07, 6.45) is 4.63. The van der Waals surface area contributed by atoms with Gasteiger partial charge in [0.05, 0.1) is 19.6 Å². The van der Waals surface area contributed by atoms with Crippen molar-refractivity contribution in [3.8, 4) is 22.6 Å². The second-order valence-corrected chi connectivity index (χ2v) is 6.73. The Morgan fingerprint density at radius 3 is 2.78 bits per heavy atom. The van der Waals surface area contributed by atoms with E-state index in [2.05, 4.69) is 4.98 Å². The summed E-state index contributed by atoms with van der Waals surface area (Å²) >= 11 is 0. The number of ketones is 1. The summed E-state index contributed by atoms with van der Waals surface area (Å²) in [5.74, 6) is 1.75. The van der Waals surface area contributed by atoms with Gasteiger partial charge in [0.2, 0.25) is 0 Å². The summed E-state index contributed by atoms with van der Waals surface area (Å²) < 4.78 is 11.3. The summed E-state index contributed by atoms with van der Waals surface area (Å²) in [6.45, 7) is 0.447. The summed E-state index contributed by atoms with van der Waals surface area (Å²) in [4.78, 5) is 16.9. The highest BCUT2D eigenvalue weighted by Crippen LogP contribution is 2.32. The van der Waals surface area contributed by atoms with E-state index in [4.69, 9.17) is 9.47 Å². The lowest BCUT2D eigenvalue weighted by atomic mass is 9.90. The Morgan fingerprint density at radius 1 is 1.15 bits per heavy atom.